The average Bonchev–Trinajstić information content (AvgIpc) is 2.79. The Labute approximate surface area is 104 Å². The van der Waals surface area contributed by atoms with E-state index in [1.807, 2.05) is 18.8 Å². The SMILES string of the molecule is CCOC(=O)c1nc(C2CSCCN2C)no1. The van der Waals surface area contributed by atoms with Crippen LogP contribution >= 0.6 is 11.8 Å². The van der Waals surface area contributed by atoms with E-state index in [0.717, 1.165) is 18.1 Å². The van der Waals surface area contributed by atoms with Gasteiger partial charge in [0.1, 0.15) is 0 Å². The molecule has 0 aromatic carbocycles. The van der Waals surface area contributed by atoms with Gasteiger partial charge >= 0.3 is 11.9 Å². The van der Waals surface area contributed by atoms with Crippen molar-refractivity contribution in [3.8, 4) is 0 Å². The molecule has 2 heterocycles. The molecule has 0 amide bonds. The largest absolute Gasteiger partial charge is 0.459 e. The topological polar surface area (TPSA) is 68.5 Å². The Morgan fingerprint density at radius 1 is 1.71 bits per heavy atom. The van der Waals surface area contributed by atoms with Crippen LogP contribution in [0.5, 0.6) is 0 Å². The quantitative estimate of drug-likeness (QED) is 0.747. The lowest BCUT2D eigenvalue weighted by molar-refractivity contribution is 0.0470. The highest BCUT2D eigenvalue weighted by Gasteiger charge is 2.27. The average molecular weight is 257 g/mol. The lowest BCUT2D eigenvalue weighted by atomic mass is 10.3. The molecule has 1 unspecified atom stereocenters. The minimum atomic E-state index is -0.558. The highest BCUT2D eigenvalue weighted by Crippen LogP contribution is 2.26. The fraction of sp³-hybridized carbons (Fsp3) is 0.700. The molecule has 6 nitrogen and oxygen atoms in total. The summed E-state index contributed by atoms with van der Waals surface area (Å²) in [6.45, 7) is 3.02. The molecule has 0 bridgehead atoms. The van der Waals surface area contributed by atoms with Crippen molar-refractivity contribution in [2.75, 3.05) is 31.7 Å². The molecular formula is C10H15N3O3S. The first-order valence-corrected chi connectivity index (χ1v) is 6.66. The van der Waals surface area contributed by atoms with Gasteiger partial charge in [-0.3, -0.25) is 4.90 Å². The van der Waals surface area contributed by atoms with Gasteiger partial charge in [0.25, 0.3) is 0 Å². The molecule has 17 heavy (non-hydrogen) atoms. The zero-order valence-electron chi connectivity index (χ0n) is 9.88. The van der Waals surface area contributed by atoms with E-state index < -0.39 is 5.97 Å². The molecule has 0 aliphatic carbocycles. The highest BCUT2D eigenvalue weighted by atomic mass is 32.2. The first kappa shape index (κ1) is 12.4. The molecule has 0 radical (unpaired) electrons. The molecule has 1 aromatic rings. The Kier molecular flexibility index (Phi) is 4.01. The maximum absolute atomic E-state index is 11.4. The molecular weight excluding hydrogens is 242 g/mol. The smallest absolute Gasteiger partial charge is 0.397 e. The number of ether oxygens (including phenoxy) is 1. The van der Waals surface area contributed by atoms with E-state index in [-0.39, 0.29) is 11.9 Å². The fourth-order valence-electron chi connectivity index (χ4n) is 1.60. The second kappa shape index (κ2) is 5.50. The number of hydrogen-bond acceptors (Lipinski definition) is 7. The van der Waals surface area contributed by atoms with Gasteiger partial charge in [-0.1, -0.05) is 5.16 Å². The van der Waals surface area contributed by atoms with Crippen LogP contribution in [0.25, 0.3) is 0 Å². The zero-order valence-corrected chi connectivity index (χ0v) is 10.7. The third-order valence-electron chi connectivity index (χ3n) is 2.59. The third-order valence-corrected chi connectivity index (χ3v) is 3.61. The summed E-state index contributed by atoms with van der Waals surface area (Å²) in [5.41, 5.74) is 0. The van der Waals surface area contributed by atoms with E-state index >= 15 is 0 Å². The van der Waals surface area contributed by atoms with Gasteiger partial charge in [0.05, 0.1) is 12.6 Å². The summed E-state index contributed by atoms with van der Waals surface area (Å²) in [5, 5.41) is 3.85. The molecule has 2 rings (SSSR count). The van der Waals surface area contributed by atoms with Crippen LogP contribution in [0.2, 0.25) is 0 Å². The number of thioether (sulfide) groups is 1. The van der Waals surface area contributed by atoms with E-state index in [1.54, 1.807) is 6.92 Å². The molecule has 7 heteroatoms. The number of rotatable bonds is 3. The van der Waals surface area contributed by atoms with Crippen LogP contribution in [-0.4, -0.2) is 52.7 Å². The number of hydrogen-bond donors (Lipinski definition) is 0. The monoisotopic (exact) mass is 257 g/mol. The first-order chi connectivity index (χ1) is 8.22. The Morgan fingerprint density at radius 3 is 3.24 bits per heavy atom. The first-order valence-electron chi connectivity index (χ1n) is 5.51. The molecule has 1 saturated heterocycles. The summed E-state index contributed by atoms with van der Waals surface area (Å²) in [6, 6.07) is 0.112. The molecule has 1 atom stereocenters. The predicted molar refractivity (Wildman–Crippen MR) is 63.0 cm³/mol. The van der Waals surface area contributed by atoms with Crippen molar-refractivity contribution in [2.24, 2.45) is 0 Å². The van der Waals surface area contributed by atoms with Crippen molar-refractivity contribution in [3.63, 3.8) is 0 Å². The minimum Gasteiger partial charge on any atom is -0.459 e. The standard InChI is InChI=1S/C10H15N3O3S/c1-3-15-10(14)9-11-8(12-16-9)7-6-17-5-4-13(7)2/h7H,3-6H2,1-2H3. The van der Waals surface area contributed by atoms with Crippen molar-refractivity contribution in [1.82, 2.24) is 15.0 Å². The molecule has 1 aliphatic heterocycles. The number of aromatic nitrogens is 2. The van der Waals surface area contributed by atoms with E-state index in [4.69, 9.17) is 9.26 Å². The van der Waals surface area contributed by atoms with Crippen molar-refractivity contribution in [2.45, 2.75) is 13.0 Å². The summed E-state index contributed by atoms with van der Waals surface area (Å²) in [7, 11) is 2.02. The Balaban J connectivity index is 2.09. The third kappa shape index (κ3) is 2.78. The van der Waals surface area contributed by atoms with Gasteiger partial charge in [-0.25, -0.2) is 4.79 Å². The Morgan fingerprint density at radius 2 is 2.53 bits per heavy atom. The zero-order chi connectivity index (χ0) is 12.3. The molecule has 0 spiro atoms. The van der Waals surface area contributed by atoms with Crippen LogP contribution in [0.1, 0.15) is 29.5 Å². The van der Waals surface area contributed by atoms with Crippen molar-refractivity contribution in [1.29, 1.82) is 0 Å². The predicted octanol–water partition coefficient (Wildman–Crippen LogP) is 0.966. The van der Waals surface area contributed by atoms with Gasteiger partial charge in [0.15, 0.2) is 5.82 Å². The van der Waals surface area contributed by atoms with Crippen LogP contribution in [-0.2, 0) is 4.74 Å². The van der Waals surface area contributed by atoms with E-state index in [1.165, 1.54) is 0 Å². The molecule has 0 saturated carbocycles. The Bertz CT molecular complexity index is 396. The summed E-state index contributed by atoms with van der Waals surface area (Å²) in [5.74, 6) is 1.96. The molecule has 1 aromatic heterocycles. The van der Waals surface area contributed by atoms with Crippen LogP contribution in [0.15, 0.2) is 4.52 Å². The second-order valence-electron chi connectivity index (χ2n) is 3.75. The summed E-state index contributed by atoms with van der Waals surface area (Å²) in [4.78, 5) is 17.6. The van der Waals surface area contributed by atoms with Gasteiger partial charge in [0.2, 0.25) is 0 Å². The Hall–Kier alpha value is -1.08. The number of carbonyl (C=O) groups excluding carboxylic acids is 1. The molecule has 1 fully saturated rings. The molecule has 94 valence electrons. The van der Waals surface area contributed by atoms with E-state index in [0.29, 0.717) is 12.4 Å². The molecule has 1 aliphatic rings. The molecule has 0 N–H and O–H groups in total. The normalized spacial score (nSPS) is 21.4. The number of esters is 1. The summed E-state index contributed by atoms with van der Waals surface area (Å²) in [6.07, 6.45) is 0. The van der Waals surface area contributed by atoms with Crippen molar-refractivity contribution < 1.29 is 14.1 Å². The van der Waals surface area contributed by atoms with Gasteiger partial charge in [0, 0.05) is 18.1 Å². The van der Waals surface area contributed by atoms with Crippen LogP contribution < -0.4 is 0 Å². The van der Waals surface area contributed by atoms with Gasteiger partial charge in [-0.05, 0) is 14.0 Å². The lowest BCUT2D eigenvalue weighted by Crippen LogP contribution is -2.33. The second-order valence-corrected chi connectivity index (χ2v) is 4.90. The minimum absolute atomic E-state index is 0.0641. The van der Waals surface area contributed by atoms with Crippen LogP contribution in [0, 0.1) is 0 Å². The maximum atomic E-state index is 11.4. The van der Waals surface area contributed by atoms with E-state index in [9.17, 15) is 4.79 Å². The van der Waals surface area contributed by atoms with Crippen LogP contribution in [0.4, 0.5) is 0 Å². The highest BCUT2D eigenvalue weighted by molar-refractivity contribution is 7.99. The summed E-state index contributed by atoms with van der Waals surface area (Å²) < 4.78 is 9.71. The lowest BCUT2D eigenvalue weighted by Gasteiger charge is -2.29. The maximum Gasteiger partial charge on any atom is 0.397 e. The van der Waals surface area contributed by atoms with Gasteiger partial charge < -0.3 is 9.26 Å². The van der Waals surface area contributed by atoms with Crippen molar-refractivity contribution in [3.05, 3.63) is 11.7 Å². The summed E-state index contributed by atoms with van der Waals surface area (Å²) >= 11 is 1.85. The number of carbonyl (C=O) groups is 1. The van der Waals surface area contributed by atoms with E-state index in [2.05, 4.69) is 15.0 Å². The van der Waals surface area contributed by atoms with Gasteiger partial charge in [-0.15, -0.1) is 0 Å². The van der Waals surface area contributed by atoms with Crippen molar-refractivity contribution >= 4 is 17.7 Å². The van der Waals surface area contributed by atoms with Gasteiger partial charge in [-0.2, -0.15) is 16.7 Å². The fourth-order valence-corrected chi connectivity index (χ4v) is 2.81. The van der Waals surface area contributed by atoms with Crippen LogP contribution in [0.3, 0.4) is 0 Å². The number of nitrogens with zero attached hydrogens (tertiary/aromatic N) is 3.